The van der Waals surface area contributed by atoms with Crippen LogP contribution >= 0.6 is 24.0 Å². The molecule has 0 aliphatic carbocycles. The first-order valence-electron chi connectivity index (χ1n) is 6.94. The number of nitrogens with one attached hydrogen (secondary N) is 1. The lowest BCUT2D eigenvalue weighted by atomic mass is 10.3. The van der Waals surface area contributed by atoms with Crippen molar-refractivity contribution in [1.29, 1.82) is 0 Å². The van der Waals surface area contributed by atoms with Crippen molar-refractivity contribution in [3.63, 3.8) is 0 Å². The minimum absolute atomic E-state index is 0. The summed E-state index contributed by atoms with van der Waals surface area (Å²) in [6, 6.07) is 5.65. The van der Waals surface area contributed by atoms with Crippen LogP contribution in [0.3, 0.4) is 0 Å². The number of ether oxygens (including phenoxy) is 1. The molecule has 1 atom stereocenters. The van der Waals surface area contributed by atoms with Gasteiger partial charge in [0.15, 0.2) is 5.96 Å². The van der Waals surface area contributed by atoms with Crippen LogP contribution < -0.4 is 10.1 Å². The van der Waals surface area contributed by atoms with Gasteiger partial charge in [-0.05, 0) is 19.4 Å². The van der Waals surface area contributed by atoms with Crippen LogP contribution in [-0.4, -0.2) is 53.8 Å². The molecule has 0 unspecified atom stereocenters. The number of hydrogen-bond donors (Lipinski definition) is 2. The van der Waals surface area contributed by atoms with Gasteiger partial charge in [-0.2, -0.15) is 0 Å². The maximum Gasteiger partial charge on any atom is 0.213 e. The van der Waals surface area contributed by atoms with Gasteiger partial charge < -0.3 is 20.1 Å². The molecule has 1 aromatic rings. The first-order valence-corrected chi connectivity index (χ1v) is 6.94. The molecule has 1 fully saturated rings. The lowest BCUT2D eigenvalue weighted by molar-refractivity contribution is 0.188. The van der Waals surface area contributed by atoms with E-state index in [4.69, 9.17) is 4.74 Å². The molecule has 2 rings (SSSR count). The Morgan fingerprint density at radius 1 is 1.57 bits per heavy atom. The molecule has 2 heterocycles. The van der Waals surface area contributed by atoms with Crippen LogP contribution in [0.5, 0.6) is 5.88 Å². The van der Waals surface area contributed by atoms with E-state index in [9.17, 15) is 5.11 Å². The summed E-state index contributed by atoms with van der Waals surface area (Å²) in [5.74, 6) is 1.42. The minimum Gasteiger partial charge on any atom is -0.481 e. The molecule has 2 N–H and O–H groups in total. The Balaban J connectivity index is 0.00000220. The molecule has 1 aliphatic heterocycles. The second kappa shape index (κ2) is 9.04. The maximum absolute atomic E-state index is 9.62. The standard InChI is InChI=1S/C14H22N4O2.HI/c1-3-15-14(18-8-7-12(19)10-18)16-9-11-5-4-6-13(17-11)20-2;/h4-6,12,19H,3,7-10H2,1-2H3,(H,15,16);1H/t12-;/m1./s1. The number of methoxy groups -OCH3 is 1. The molecule has 118 valence electrons. The molecule has 0 spiro atoms. The van der Waals surface area contributed by atoms with Gasteiger partial charge in [-0.25, -0.2) is 9.98 Å². The highest BCUT2D eigenvalue weighted by Crippen LogP contribution is 2.11. The number of aliphatic imine (C=N–C) groups is 1. The third-order valence-corrected chi connectivity index (χ3v) is 3.18. The van der Waals surface area contributed by atoms with Crippen molar-refractivity contribution in [2.24, 2.45) is 4.99 Å². The Hall–Kier alpha value is -1.09. The molecule has 6 nitrogen and oxygen atoms in total. The second-order valence-electron chi connectivity index (χ2n) is 4.73. The molecule has 0 amide bonds. The number of hydrogen-bond acceptors (Lipinski definition) is 4. The number of guanidine groups is 1. The highest BCUT2D eigenvalue weighted by atomic mass is 127. The molecule has 1 aromatic heterocycles. The fraction of sp³-hybridized carbons (Fsp3) is 0.571. The molecular weight excluding hydrogens is 383 g/mol. The first kappa shape index (κ1) is 18.0. The summed E-state index contributed by atoms with van der Waals surface area (Å²) in [7, 11) is 1.60. The van der Waals surface area contributed by atoms with E-state index < -0.39 is 0 Å². The zero-order valence-corrected chi connectivity index (χ0v) is 14.8. The van der Waals surface area contributed by atoms with Crippen molar-refractivity contribution in [2.45, 2.75) is 26.0 Å². The molecule has 0 saturated carbocycles. The number of β-amino-alcohol motifs (C(OH)–C–C–N with tert-alkyl or cyclic N) is 1. The number of nitrogens with zero attached hydrogens (tertiary/aromatic N) is 3. The Labute approximate surface area is 142 Å². The fourth-order valence-electron chi connectivity index (χ4n) is 2.18. The Morgan fingerprint density at radius 2 is 2.38 bits per heavy atom. The van der Waals surface area contributed by atoms with Crippen molar-refractivity contribution >= 4 is 29.9 Å². The quantitative estimate of drug-likeness (QED) is 0.448. The van der Waals surface area contributed by atoms with Crippen molar-refractivity contribution in [1.82, 2.24) is 15.2 Å². The average molecular weight is 406 g/mol. The zero-order valence-electron chi connectivity index (χ0n) is 12.5. The summed E-state index contributed by atoms with van der Waals surface area (Å²) in [6.45, 7) is 4.80. The first-order chi connectivity index (χ1) is 9.72. The number of halogens is 1. The normalized spacial score (nSPS) is 18.3. The summed E-state index contributed by atoms with van der Waals surface area (Å²) >= 11 is 0. The number of likely N-dealkylation sites (tertiary alicyclic amines) is 1. The third kappa shape index (κ3) is 5.31. The molecule has 1 aliphatic rings. The van der Waals surface area contributed by atoms with Gasteiger partial charge in [0.1, 0.15) is 0 Å². The van der Waals surface area contributed by atoms with E-state index in [1.54, 1.807) is 7.11 Å². The molecule has 7 heteroatoms. The predicted octanol–water partition coefficient (Wildman–Crippen LogP) is 1.24. The second-order valence-corrected chi connectivity index (χ2v) is 4.73. The van der Waals surface area contributed by atoms with Gasteiger partial charge in [-0.15, -0.1) is 24.0 Å². The number of aliphatic hydroxyl groups is 1. The lowest BCUT2D eigenvalue weighted by Gasteiger charge is -2.20. The van der Waals surface area contributed by atoms with Crippen LogP contribution in [0.1, 0.15) is 19.0 Å². The average Bonchev–Trinajstić information content (AvgIpc) is 2.90. The van der Waals surface area contributed by atoms with E-state index in [2.05, 4.69) is 20.2 Å². The zero-order chi connectivity index (χ0) is 14.4. The Kier molecular flexibility index (Phi) is 7.73. The van der Waals surface area contributed by atoms with E-state index in [1.807, 2.05) is 25.1 Å². The minimum atomic E-state index is -0.256. The summed E-state index contributed by atoms with van der Waals surface area (Å²) in [5, 5.41) is 12.9. The summed E-state index contributed by atoms with van der Waals surface area (Å²) in [5.41, 5.74) is 0.861. The van der Waals surface area contributed by atoms with Crippen LogP contribution in [0.4, 0.5) is 0 Å². The number of aliphatic hydroxyl groups excluding tert-OH is 1. The molecule has 0 aromatic carbocycles. The van der Waals surface area contributed by atoms with Gasteiger partial charge in [0, 0.05) is 25.7 Å². The highest BCUT2D eigenvalue weighted by molar-refractivity contribution is 14.0. The van der Waals surface area contributed by atoms with Crippen molar-refractivity contribution in [3.8, 4) is 5.88 Å². The SMILES string of the molecule is CCNC(=NCc1cccc(OC)n1)N1CC[C@@H](O)C1.I. The largest absolute Gasteiger partial charge is 0.481 e. The van der Waals surface area contributed by atoms with Gasteiger partial charge in [0.2, 0.25) is 5.88 Å². The van der Waals surface area contributed by atoms with Gasteiger partial charge in [0.25, 0.3) is 0 Å². The Morgan fingerprint density at radius 3 is 3.00 bits per heavy atom. The van der Waals surface area contributed by atoms with Crippen LogP contribution in [-0.2, 0) is 6.54 Å². The lowest BCUT2D eigenvalue weighted by Crippen LogP contribution is -2.40. The van der Waals surface area contributed by atoms with Crippen LogP contribution in [0.2, 0.25) is 0 Å². The number of pyridine rings is 1. The predicted molar refractivity (Wildman–Crippen MR) is 93.2 cm³/mol. The van der Waals surface area contributed by atoms with Crippen molar-refractivity contribution < 1.29 is 9.84 Å². The van der Waals surface area contributed by atoms with E-state index in [1.165, 1.54) is 0 Å². The maximum atomic E-state index is 9.62. The topological polar surface area (TPSA) is 70.0 Å². The van der Waals surface area contributed by atoms with Crippen LogP contribution in [0, 0.1) is 0 Å². The van der Waals surface area contributed by atoms with Gasteiger partial charge >= 0.3 is 0 Å². The van der Waals surface area contributed by atoms with E-state index in [0.717, 1.165) is 31.2 Å². The van der Waals surface area contributed by atoms with Crippen LogP contribution in [0.25, 0.3) is 0 Å². The van der Waals surface area contributed by atoms with Crippen molar-refractivity contribution in [3.05, 3.63) is 23.9 Å². The van der Waals surface area contributed by atoms with E-state index >= 15 is 0 Å². The summed E-state index contributed by atoms with van der Waals surface area (Å²) in [4.78, 5) is 11.0. The van der Waals surface area contributed by atoms with Gasteiger partial charge in [0.05, 0.1) is 25.5 Å². The summed E-state index contributed by atoms with van der Waals surface area (Å²) in [6.07, 6.45) is 0.538. The van der Waals surface area contributed by atoms with Crippen molar-refractivity contribution in [2.75, 3.05) is 26.7 Å². The molecular formula is C14H23IN4O2. The van der Waals surface area contributed by atoms with Gasteiger partial charge in [-0.3, -0.25) is 0 Å². The molecule has 21 heavy (non-hydrogen) atoms. The Bertz CT molecular complexity index is 470. The molecule has 1 saturated heterocycles. The smallest absolute Gasteiger partial charge is 0.213 e. The monoisotopic (exact) mass is 406 g/mol. The number of aromatic nitrogens is 1. The van der Waals surface area contributed by atoms with E-state index in [-0.39, 0.29) is 30.1 Å². The highest BCUT2D eigenvalue weighted by Gasteiger charge is 2.22. The molecule has 0 bridgehead atoms. The summed E-state index contributed by atoms with van der Waals surface area (Å²) < 4.78 is 5.10. The fourth-order valence-corrected chi connectivity index (χ4v) is 2.18. The van der Waals surface area contributed by atoms with Crippen LogP contribution in [0.15, 0.2) is 23.2 Å². The van der Waals surface area contributed by atoms with E-state index in [0.29, 0.717) is 19.0 Å². The molecule has 0 radical (unpaired) electrons. The van der Waals surface area contributed by atoms with Gasteiger partial charge in [-0.1, -0.05) is 6.07 Å². The third-order valence-electron chi connectivity index (χ3n) is 3.18. The number of rotatable bonds is 4.